The van der Waals surface area contributed by atoms with Crippen molar-refractivity contribution in [2.24, 2.45) is 0 Å². The first-order chi connectivity index (χ1) is 5.52. The van der Waals surface area contributed by atoms with E-state index in [4.69, 9.17) is 6.42 Å². The molecule has 3 heteroatoms. The summed E-state index contributed by atoms with van der Waals surface area (Å²) < 4.78 is 0. The normalized spacial score (nSPS) is 10.5. The van der Waals surface area contributed by atoms with Crippen LogP contribution in [0.1, 0.15) is 20.3 Å². The lowest BCUT2D eigenvalue weighted by Crippen LogP contribution is -2.39. The third-order valence-electron chi connectivity index (χ3n) is 1.56. The maximum atomic E-state index is 10.8. The minimum atomic E-state index is -0.325. The molecule has 0 fully saturated rings. The van der Waals surface area contributed by atoms with Crippen molar-refractivity contribution >= 4 is 5.91 Å². The minimum Gasteiger partial charge on any atom is -0.359 e. The van der Waals surface area contributed by atoms with Crippen molar-refractivity contribution in [1.82, 2.24) is 10.6 Å². The van der Waals surface area contributed by atoms with Crippen molar-refractivity contribution in [3.05, 3.63) is 0 Å². The second-order valence-electron chi connectivity index (χ2n) is 3.12. The molecule has 0 aromatic heterocycles. The molecule has 0 saturated carbocycles. The van der Waals surface area contributed by atoms with Gasteiger partial charge in [-0.05, 0) is 13.8 Å². The fourth-order valence-corrected chi connectivity index (χ4v) is 0.665. The highest BCUT2D eigenvalue weighted by molar-refractivity contribution is 5.75. The Labute approximate surface area is 73.9 Å². The van der Waals surface area contributed by atoms with Crippen LogP contribution in [-0.2, 0) is 4.79 Å². The zero-order valence-corrected chi connectivity index (χ0v) is 7.90. The van der Waals surface area contributed by atoms with Crippen LogP contribution in [-0.4, -0.2) is 25.0 Å². The second kappa shape index (κ2) is 4.78. The highest BCUT2D eigenvalue weighted by Crippen LogP contribution is 1.97. The first-order valence-corrected chi connectivity index (χ1v) is 3.95. The molecule has 0 heterocycles. The molecule has 0 saturated heterocycles. The highest BCUT2D eigenvalue weighted by atomic mass is 16.1. The average Bonchev–Trinajstić information content (AvgIpc) is 2.04. The smallest absolute Gasteiger partial charge is 0.221 e. The van der Waals surface area contributed by atoms with Gasteiger partial charge in [0.1, 0.15) is 0 Å². The summed E-state index contributed by atoms with van der Waals surface area (Å²) in [4.78, 5) is 10.8. The van der Waals surface area contributed by atoms with Gasteiger partial charge in [-0.1, -0.05) is 5.92 Å². The van der Waals surface area contributed by atoms with Gasteiger partial charge in [0.25, 0.3) is 0 Å². The SMILES string of the molecule is C#CC(C)(C)NCCC(=O)NC. The Kier molecular flexibility index (Phi) is 4.38. The highest BCUT2D eigenvalue weighted by Gasteiger charge is 2.11. The Morgan fingerprint density at radius 2 is 2.17 bits per heavy atom. The molecule has 0 rings (SSSR count). The number of terminal acetylenes is 1. The fourth-order valence-electron chi connectivity index (χ4n) is 0.665. The van der Waals surface area contributed by atoms with E-state index in [9.17, 15) is 4.79 Å². The fraction of sp³-hybridized carbons (Fsp3) is 0.667. The van der Waals surface area contributed by atoms with E-state index in [0.29, 0.717) is 13.0 Å². The lowest BCUT2D eigenvalue weighted by atomic mass is 10.1. The van der Waals surface area contributed by atoms with Crippen LogP contribution in [0.5, 0.6) is 0 Å². The monoisotopic (exact) mass is 168 g/mol. The Bertz CT molecular complexity index is 191. The van der Waals surface area contributed by atoms with Crippen molar-refractivity contribution in [3.63, 3.8) is 0 Å². The predicted molar refractivity (Wildman–Crippen MR) is 49.6 cm³/mol. The van der Waals surface area contributed by atoms with Crippen LogP contribution in [0.4, 0.5) is 0 Å². The van der Waals surface area contributed by atoms with E-state index in [2.05, 4.69) is 16.6 Å². The zero-order chi connectivity index (χ0) is 9.61. The van der Waals surface area contributed by atoms with Gasteiger partial charge in [-0.2, -0.15) is 0 Å². The van der Waals surface area contributed by atoms with Crippen LogP contribution in [0.25, 0.3) is 0 Å². The van der Waals surface area contributed by atoms with E-state index in [1.165, 1.54) is 0 Å². The van der Waals surface area contributed by atoms with E-state index in [1.54, 1.807) is 7.05 Å². The van der Waals surface area contributed by atoms with Gasteiger partial charge >= 0.3 is 0 Å². The van der Waals surface area contributed by atoms with Gasteiger partial charge in [-0.15, -0.1) is 6.42 Å². The van der Waals surface area contributed by atoms with Crippen LogP contribution < -0.4 is 10.6 Å². The number of amides is 1. The lowest BCUT2D eigenvalue weighted by molar-refractivity contribution is -0.120. The first kappa shape index (κ1) is 11.0. The van der Waals surface area contributed by atoms with Gasteiger partial charge in [0.2, 0.25) is 5.91 Å². The van der Waals surface area contributed by atoms with E-state index in [-0.39, 0.29) is 11.4 Å². The number of rotatable bonds is 4. The van der Waals surface area contributed by atoms with Crippen LogP contribution in [0.3, 0.4) is 0 Å². The molecule has 1 amide bonds. The van der Waals surface area contributed by atoms with Crippen LogP contribution in [0.15, 0.2) is 0 Å². The minimum absolute atomic E-state index is 0.0234. The van der Waals surface area contributed by atoms with E-state index >= 15 is 0 Å². The molecule has 0 aromatic rings. The van der Waals surface area contributed by atoms with E-state index < -0.39 is 0 Å². The van der Waals surface area contributed by atoms with Gasteiger partial charge in [0, 0.05) is 20.0 Å². The van der Waals surface area contributed by atoms with Gasteiger partial charge in [0.15, 0.2) is 0 Å². The summed E-state index contributed by atoms with van der Waals surface area (Å²) in [5.41, 5.74) is -0.325. The molecule has 0 atom stereocenters. The molecule has 0 bridgehead atoms. The van der Waals surface area contributed by atoms with Crippen LogP contribution in [0, 0.1) is 12.3 Å². The number of nitrogens with one attached hydrogen (secondary N) is 2. The van der Waals surface area contributed by atoms with Gasteiger partial charge in [-0.3, -0.25) is 4.79 Å². The van der Waals surface area contributed by atoms with Crippen molar-refractivity contribution in [3.8, 4) is 12.3 Å². The topological polar surface area (TPSA) is 41.1 Å². The molecular formula is C9H16N2O. The maximum absolute atomic E-state index is 10.8. The number of hydrogen-bond donors (Lipinski definition) is 2. The Hall–Kier alpha value is -1.01. The molecule has 0 aliphatic rings. The average molecular weight is 168 g/mol. The molecule has 0 aliphatic heterocycles. The van der Waals surface area contributed by atoms with Crippen molar-refractivity contribution in [2.75, 3.05) is 13.6 Å². The molecule has 2 N–H and O–H groups in total. The lowest BCUT2D eigenvalue weighted by Gasteiger charge is -2.18. The molecule has 12 heavy (non-hydrogen) atoms. The van der Waals surface area contributed by atoms with Crippen molar-refractivity contribution in [2.45, 2.75) is 25.8 Å². The van der Waals surface area contributed by atoms with Gasteiger partial charge in [-0.25, -0.2) is 0 Å². The predicted octanol–water partition coefficient (Wildman–Crippen LogP) is 0.124. The molecule has 0 spiro atoms. The summed E-state index contributed by atoms with van der Waals surface area (Å²) >= 11 is 0. The third-order valence-corrected chi connectivity index (χ3v) is 1.56. The summed E-state index contributed by atoms with van der Waals surface area (Å²) in [7, 11) is 1.62. The summed E-state index contributed by atoms with van der Waals surface area (Å²) in [6.45, 7) is 4.41. The van der Waals surface area contributed by atoms with E-state index in [0.717, 1.165) is 0 Å². The second-order valence-corrected chi connectivity index (χ2v) is 3.12. The quantitative estimate of drug-likeness (QED) is 0.586. The Balaban J connectivity index is 3.58. The van der Waals surface area contributed by atoms with Crippen LogP contribution >= 0.6 is 0 Å². The Morgan fingerprint density at radius 3 is 2.58 bits per heavy atom. The summed E-state index contributed by atoms with van der Waals surface area (Å²) in [6, 6.07) is 0. The van der Waals surface area contributed by atoms with Gasteiger partial charge < -0.3 is 10.6 Å². The van der Waals surface area contributed by atoms with Crippen molar-refractivity contribution < 1.29 is 4.79 Å². The summed E-state index contributed by atoms with van der Waals surface area (Å²) in [5.74, 6) is 2.61. The molecule has 0 radical (unpaired) electrons. The Morgan fingerprint density at radius 1 is 1.58 bits per heavy atom. The molecule has 68 valence electrons. The standard InChI is InChI=1S/C9H16N2O/c1-5-9(2,3)11-7-6-8(12)10-4/h1,11H,6-7H2,2-4H3,(H,10,12). The number of carbonyl (C=O) groups excluding carboxylic acids is 1. The molecule has 0 aromatic carbocycles. The number of hydrogen-bond acceptors (Lipinski definition) is 2. The first-order valence-electron chi connectivity index (χ1n) is 3.95. The van der Waals surface area contributed by atoms with Crippen LogP contribution in [0.2, 0.25) is 0 Å². The summed E-state index contributed by atoms with van der Waals surface area (Å²) in [6.07, 6.45) is 5.70. The van der Waals surface area contributed by atoms with Crippen molar-refractivity contribution in [1.29, 1.82) is 0 Å². The van der Waals surface area contributed by atoms with E-state index in [1.807, 2.05) is 13.8 Å². The molecule has 0 aliphatic carbocycles. The third kappa shape index (κ3) is 4.75. The molecule has 3 nitrogen and oxygen atoms in total. The molecule has 0 unspecified atom stereocenters. The largest absolute Gasteiger partial charge is 0.359 e. The number of carbonyl (C=O) groups is 1. The maximum Gasteiger partial charge on any atom is 0.221 e. The zero-order valence-electron chi connectivity index (χ0n) is 7.90. The van der Waals surface area contributed by atoms with Gasteiger partial charge in [0.05, 0.1) is 5.54 Å². The molecular weight excluding hydrogens is 152 g/mol. The summed E-state index contributed by atoms with van der Waals surface area (Å²) in [5, 5.41) is 5.62.